The number of anilines is 1. The van der Waals surface area contributed by atoms with Crippen molar-refractivity contribution in [1.29, 1.82) is 0 Å². The first kappa shape index (κ1) is 15.4. The van der Waals surface area contributed by atoms with E-state index >= 15 is 0 Å². The molecule has 1 N–H and O–H groups in total. The minimum absolute atomic E-state index is 0.0978. The summed E-state index contributed by atoms with van der Waals surface area (Å²) in [5.41, 5.74) is 2.33. The largest absolute Gasteiger partial charge is 0.492 e. The summed E-state index contributed by atoms with van der Waals surface area (Å²) in [7, 11) is 0. The maximum Gasteiger partial charge on any atom is 0.407 e. The Morgan fingerprint density at radius 3 is 2.91 bits per heavy atom. The van der Waals surface area contributed by atoms with Gasteiger partial charge in [0.1, 0.15) is 5.75 Å². The van der Waals surface area contributed by atoms with Gasteiger partial charge in [-0.05, 0) is 46.8 Å². The molecule has 0 saturated carbocycles. The molecule has 0 unspecified atom stereocenters. The van der Waals surface area contributed by atoms with Crippen LogP contribution in [0.3, 0.4) is 0 Å². The lowest BCUT2D eigenvalue weighted by atomic mass is 9.79. The zero-order valence-corrected chi connectivity index (χ0v) is 15.0. The van der Waals surface area contributed by atoms with E-state index in [1.165, 1.54) is 10.5 Å². The number of hydrogen-bond donors (Lipinski definition) is 1. The van der Waals surface area contributed by atoms with E-state index in [2.05, 4.69) is 26.9 Å². The van der Waals surface area contributed by atoms with E-state index in [1.54, 1.807) is 0 Å². The van der Waals surface area contributed by atoms with E-state index in [0.717, 1.165) is 54.9 Å². The van der Waals surface area contributed by atoms with Crippen molar-refractivity contribution in [3.8, 4) is 5.75 Å². The van der Waals surface area contributed by atoms with Gasteiger partial charge in [-0.1, -0.05) is 11.6 Å². The van der Waals surface area contributed by atoms with Crippen LogP contribution in [0.5, 0.6) is 5.75 Å². The topological polar surface area (TPSA) is 53.0 Å². The van der Waals surface area contributed by atoms with E-state index < -0.39 is 6.09 Å². The number of benzene rings is 1. The highest BCUT2D eigenvalue weighted by Gasteiger charge is 2.49. The molecule has 2 fully saturated rings. The second-order valence-corrected chi connectivity index (χ2v) is 7.95. The fraction of sp³-hybridized carbons (Fsp3) is 0.562. The van der Waals surface area contributed by atoms with Crippen molar-refractivity contribution in [1.82, 2.24) is 4.90 Å². The molecule has 3 aliphatic rings. The third kappa shape index (κ3) is 2.47. The van der Waals surface area contributed by atoms with Crippen molar-refractivity contribution in [3.05, 3.63) is 21.1 Å². The molecule has 1 spiro atoms. The Morgan fingerprint density at radius 1 is 1.39 bits per heavy atom. The summed E-state index contributed by atoms with van der Waals surface area (Å²) in [5, 5.41) is 9.74. The lowest BCUT2D eigenvalue weighted by molar-refractivity contribution is 0.0252. The van der Waals surface area contributed by atoms with E-state index in [4.69, 9.17) is 21.4 Å². The second-order valence-electron chi connectivity index (χ2n) is 6.77. The Morgan fingerprint density at radius 2 is 2.17 bits per heavy atom. The van der Waals surface area contributed by atoms with Crippen molar-refractivity contribution in [2.24, 2.45) is 5.41 Å². The zero-order valence-electron chi connectivity index (χ0n) is 12.6. The Balaban J connectivity index is 1.58. The number of rotatable bonds is 1. The van der Waals surface area contributed by atoms with Crippen LogP contribution >= 0.6 is 27.5 Å². The highest BCUT2D eigenvalue weighted by atomic mass is 79.9. The van der Waals surface area contributed by atoms with Crippen molar-refractivity contribution >= 4 is 39.3 Å². The van der Waals surface area contributed by atoms with Crippen LogP contribution in [-0.4, -0.2) is 48.9 Å². The van der Waals surface area contributed by atoms with Crippen LogP contribution in [-0.2, 0) is 6.42 Å². The molecule has 2 saturated heterocycles. The number of aryl methyl sites for hydroxylation is 1. The zero-order chi connectivity index (χ0) is 16.2. The maximum atomic E-state index is 11.0. The molecule has 0 bridgehead atoms. The number of carboxylic acid groups (broad SMARTS) is 1. The number of hydrogen-bond acceptors (Lipinski definition) is 3. The third-order valence-corrected chi connectivity index (χ3v) is 6.53. The summed E-state index contributed by atoms with van der Waals surface area (Å²) in [5.74, 6) is 0.875. The molecule has 23 heavy (non-hydrogen) atoms. The number of nitrogens with zero attached hydrogens (tertiary/aromatic N) is 2. The number of amides is 1. The minimum atomic E-state index is -0.819. The molecule has 3 aliphatic heterocycles. The van der Waals surface area contributed by atoms with Crippen molar-refractivity contribution in [3.63, 3.8) is 0 Å². The van der Waals surface area contributed by atoms with Gasteiger partial charge in [0.25, 0.3) is 0 Å². The molecular formula is C16H18BrClN2O3. The van der Waals surface area contributed by atoms with E-state index in [9.17, 15) is 4.79 Å². The molecule has 124 valence electrons. The number of fused-ring (bicyclic) bond motifs is 1. The number of likely N-dealkylation sites (tertiary alicyclic amines) is 1. The first-order valence-corrected chi connectivity index (χ1v) is 9.03. The van der Waals surface area contributed by atoms with E-state index in [-0.39, 0.29) is 5.41 Å². The van der Waals surface area contributed by atoms with Gasteiger partial charge < -0.3 is 19.6 Å². The van der Waals surface area contributed by atoms with Crippen LogP contribution in [0.1, 0.15) is 18.4 Å². The van der Waals surface area contributed by atoms with Crippen LogP contribution in [0, 0.1) is 5.41 Å². The Kier molecular flexibility index (Phi) is 3.65. The molecule has 0 atom stereocenters. The summed E-state index contributed by atoms with van der Waals surface area (Å²) in [6.45, 7) is 3.78. The minimum Gasteiger partial charge on any atom is -0.492 e. The first-order valence-electron chi connectivity index (χ1n) is 7.86. The standard InChI is InChI=1S/C16H18BrClN2O3/c17-12-13(18)11(6-10-2-1-5-23-14(10)12)19-4-3-16(7-19)8-20(9-16)15(21)22/h6H,1-5,7-9H2,(H,21,22). The molecule has 1 aromatic carbocycles. The smallest absolute Gasteiger partial charge is 0.407 e. The molecule has 0 aromatic heterocycles. The molecule has 0 aliphatic carbocycles. The molecule has 5 nitrogen and oxygen atoms in total. The summed E-state index contributed by atoms with van der Waals surface area (Å²) in [4.78, 5) is 14.8. The average molecular weight is 402 g/mol. The van der Waals surface area contributed by atoms with Crippen LogP contribution in [0.4, 0.5) is 10.5 Å². The molecule has 0 radical (unpaired) electrons. The average Bonchev–Trinajstić information content (AvgIpc) is 2.94. The van der Waals surface area contributed by atoms with Gasteiger partial charge in [0, 0.05) is 31.6 Å². The maximum absolute atomic E-state index is 11.0. The summed E-state index contributed by atoms with van der Waals surface area (Å²) < 4.78 is 6.59. The summed E-state index contributed by atoms with van der Waals surface area (Å²) >= 11 is 10.2. The highest BCUT2D eigenvalue weighted by Crippen LogP contribution is 2.47. The van der Waals surface area contributed by atoms with Crippen molar-refractivity contribution < 1.29 is 14.6 Å². The van der Waals surface area contributed by atoms with Gasteiger partial charge in [0.2, 0.25) is 0 Å². The van der Waals surface area contributed by atoms with E-state index in [1.807, 2.05) is 0 Å². The van der Waals surface area contributed by atoms with Gasteiger partial charge in [-0.3, -0.25) is 0 Å². The molecule has 1 amide bonds. The number of ether oxygens (including phenoxy) is 1. The van der Waals surface area contributed by atoms with Crippen LogP contribution in [0.25, 0.3) is 0 Å². The molecule has 4 rings (SSSR count). The monoisotopic (exact) mass is 400 g/mol. The lowest BCUT2D eigenvalue weighted by Gasteiger charge is -2.46. The Hall–Kier alpha value is -1.14. The molecular weight excluding hydrogens is 384 g/mol. The predicted molar refractivity (Wildman–Crippen MR) is 91.8 cm³/mol. The summed E-state index contributed by atoms with van der Waals surface area (Å²) in [6.07, 6.45) is 2.22. The predicted octanol–water partition coefficient (Wildman–Crippen LogP) is 3.62. The summed E-state index contributed by atoms with van der Waals surface area (Å²) in [6, 6.07) is 2.15. The normalized spacial score (nSPS) is 21.8. The first-order chi connectivity index (χ1) is 11.0. The SMILES string of the molecule is O=C(O)N1CC2(CCN(c3cc4c(c(Br)c3Cl)OCCC4)C2)C1. The fourth-order valence-corrected chi connectivity index (χ4v) is 4.79. The quantitative estimate of drug-likeness (QED) is 0.781. The van der Waals surface area contributed by atoms with Gasteiger partial charge in [-0.25, -0.2) is 4.79 Å². The fourth-order valence-electron chi connectivity index (χ4n) is 3.95. The Labute approximate surface area is 148 Å². The van der Waals surface area contributed by atoms with Crippen LogP contribution in [0.2, 0.25) is 5.02 Å². The van der Waals surface area contributed by atoms with Gasteiger partial charge >= 0.3 is 6.09 Å². The molecule has 3 heterocycles. The third-order valence-electron chi connectivity index (χ3n) is 5.16. The van der Waals surface area contributed by atoms with Gasteiger partial charge in [-0.15, -0.1) is 0 Å². The van der Waals surface area contributed by atoms with Gasteiger partial charge in [-0.2, -0.15) is 0 Å². The highest BCUT2D eigenvalue weighted by molar-refractivity contribution is 9.10. The lowest BCUT2D eigenvalue weighted by Crippen LogP contribution is -2.59. The van der Waals surface area contributed by atoms with Crippen LogP contribution < -0.4 is 9.64 Å². The second kappa shape index (κ2) is 5.45. The van der Waals surface area contributed by atoms with E-state index in [0.29, 0.717) is 18.1 Å². The molecule has 7 heteroatoms. The Bertz CT molecular complexity index is 676. The van der Waals surface area contributed by atoms with Crippen molar-refractivity contribution in [2.45, 2.75) is 19.3 Å². The van der Waals surface area contributed by atoms with Gasteiger partial charge in [0.05, 0.1) is 21.8 Å². The van der Waals surface area contributed by atoms with Crippen LogP contribution in [0.15, 0.2) is 10.5 Å². The number of carbonyl (C=O) groups is 1. The number of halogens is 2. The van der Waals surface area contributed by atoms with Gasteiger partial charge in [0.15, 0.2) is 0 Å². The van der Waals surface area contributed by atoms with Crippen molar-refractivity contribution in [2.75, 3.05) is 37.7 Å². The molecule has 1 aromatic rings.